The molecule has 0 radical (unpaired) electrons. The van der Waals surface area contributed by atoms with Crippen LogP contribution in [0.5, 0.6) is 0 Å². The van der Waals surface area contributed by atoms with E-state index in [1.807, 2.05) is 47.9 Å². The Morgan fingerprint density at radius 3 is 2.77 bits per heavy atom. The van der Waals surface area contributed by atoms with Crippen molar-refractivity contribution in [3.63, 3.8) is 0 Å². The summed E-state index contributed by atoms with van der Waals surface area (Å²) < 4.78 is 1.02. The Kier molecular flexibility index (Phi) is 8.59. The standard InChI is InChI=1S/C36H41ClN10O4S2/c1-2-22-29(37)28-31(40-22)43-35(44-32(28)46-14-20-21(15-46)36(20,39)33(38)49)53-19-8-7-17-11-18-13-45(10-9-24(18)47(51)25(17)12-19)27(48)6-4-3-5-26-30-23(16-52-26)41-34(50)42-30/h7-8,11-12,20-21,23,26,30H,2-6,9-10,13-16,39H2,1H3,(H2,38,49)(H,40,43,44)(H2,41,42,50)/t20?,21?,23-,26-,30-,36?/m0/s1. The molecule has 4 aromatic rings. The van der Waals surface area contributed by atoms with Gasteiger partial charge in [-0.05, 0) is 49.2 Å². The molecule has 4 amide bonds. The predicted molar refractivity (Wildman–Crippen MR) is 204 cm³/mol. The quantitative estimate of drug-likeness (QED) is 0.0524. The van der Waals surface area contributed by atoms with Gasteiger partial charge < -0.3 is 42.1 Å². The number of thioether (sulfide) groups is 1. The molecule has 0 spiro atoms. The Balaban J connectivity index is 0.887. The number of halogens is 1. The number of benzene rings is 1. The Labute approximate surface area is 319 Å². The number of hydrogen-bond donors (Lipinski definition) is 5. The molecule has 7 N–H and O–H groups in total. The second-order valence-corrected chi connectivity index (χ2v) is 17.6. The third-order valence-electron chi connectivity index (χ3n) is 11.9. The van der Waals surface area contributed by atoms with Crippen molar-refractivity contribution >= 4 is 80.7 Å². The highest BCUT2D eigenvalue weighted by atomic mass is 35.5. The zero-order valence-electron chi connectivity index (χ0n) is 29.2. The van der Waals surface area contributed by atoms with E-state index in [0.717, 1.165) is 56.7 Å². The molecule has 17 heteroatoms. The molecule has 5 atom stereocenters. The van der Waals surface area contributed by atoms with Crippen LogP contribution >= 0.6 is 35.1 Å². The van der Waals surface area contributed by atoms with E-state index in [-0.39, 0.29) is 35.9 Å². The summed E-state index contributed by atoms with van der Waals surface area (Å²) in [6.07, 6.45) is 4.36. The van der Waals surface area contributed by atoms with Gasteiger partial charge in [-0.3, -0.25) is 9.59 Å². The molecule has 2 unspecified atom stereocenters. The zero-order chi connectivity index (χ0) is 36.8. The Hall–Kier alpha value is -3.99. The number of aromatic nitrogens is 4. The summed E-state index contributed by atoms with van der Waals surface area (Å²) in [4.78, 5) is 54.9. The number of hydrogen-bond acceptors (Lipinski definition) is 10. The van der Waals surface area contributed by atoms with E-state index in [2.05, 4.69) is 20.5 Å². The molecule has 3 aromatic heterocycles. The lowest BCUT2D eigenvalue weighted by atomic mass is 10.0. The first-order chi connectivity index (χ1) is 25.5. The van der Waals surface area contributed by atoms with Gasteiger partial charge in [0.25, 0.3) is 0 Å². The minimum absolute atomic E-state index is 0.0372. The third-order valence-corrected chi connectivity index (χ3v) is 14.7. The lowest BCUT2D eigenvalue weighted by Crippen LogP contribution is -2.47. The molecule has 53 heavy (non-hydrogen) atoms. The molecule has 4 aliphatic heterocycles. The van der Waals surface area contributed by atoms with Crippen molar-refractivity contribution < 1.29 is 19.1 Å². The van der Waals surface area contributed by atoms with E-state index < -0.39 is 11.4 Å². The number of urea groups is 1. The van der Waals surface area contributed by atoms with Crippen LogP contribution in [0, 0.1) is 17.0 Å². The monoisotopic (exact) mass is 776 g/mol. The van der Waals surface area contributed by atoms with Gasteiger partial charge in [0.2, 0.25) is 17.3 Å². The average Bonchev–Trinajstić information content (AvgIpc) is 3.70. The molecular weight excluding hydrogens is 736 g/mol. The number of primary amides is 1. The number of pyridine rings is 1. The Morgan fingerprint density at radius 2 is 2.00 bits per heavy atom. The summed E-state index contributed by atoms with van der Waals surface area (Å²) in [6, 6.07) is 8.10. The summed E-state index contributed by atoms with van der Waals surface area (Å²) in [7, 11) is 0. The molecule has 7 heterocycles. The number of H-pyrrole nitrogens is 1. The molecule has 4 fully saturated rings. The van der Waals surface area contributed by atoms with Crippen molar-refractivity contribution in [2.24, 2.45) is 23.3 Å². The van der Waals surface area contributed by atoms with Crippen molar-refractivity contribution in [1.82, 2.24) is 30.5 Å². The number of nitrogens with one attached hydrogen (secondary N) is 3. The number of carbonyl (C=O) groups is 3. The van der Waals surface area contributed by atoms with Crippen molar-refractivity contribution in [2.45, 2.75) is 84.9 Å². The Morgan fingerprint density at radius 1 is 1.19 bits per heavy atom. The van der Waals surface area contributed by atoms with Gasteiger partial charge in [0.1, 0.15) is 17.0 Å². The first-order valence-corrected chi connectivity index (χ1v) is 20.5. The third kappa shape index (κ3) is 5.83. The van der Waals surface area contributed by atoms with Gasteiger partial charge in [-0.2, -0.15) is 16.5 Å². The van der Waals surface area contributed by atoms with Crippen LogP contribution in [-0.4, -0.2) is 86.0 Å². The number of nitrogens with two attached hydrogens (primary N) is 2. The fourth-order valence-electron chi connectivity index (χ4n) is 8.89. The number of unbranched alkanes of at least 4 members (excludes halogenated alkanes) is 1. The fraction of sp³-hybridized carbons (Fsp3) is 0.500. The molecule has 0 bridgehead atoms. The summed E-state index contributed by atoms with van der Waals surface area (Å²) in [5.41, 5.74) is 14.6. The number of aromatic amines is 1. The van der Waals surface area contributed by atoms with Crippen LogP contribution in [0.2, 0.25) is 5.02 Å². The van der Waals surface area contributed by atoms with Gasteiger partial charge in [0, 0.05) is 76.5 Å². The minimum Gasteiger partial charge on any atom is -0.618 e. The maximum atomic E-state index is 13.8. The maximum absolute atomic E-state index is 13.8. The summed E-state index contributed by atoms with van der Waals surface area (Å²) >= 11 is 10.1. The highest BCUT2D eigenvalue weighted by Gasteiger charge is 2.70. The normalized spacial score (nSPS) is 27.2. The van der Waals surface area contributed by atoms with Gasteiger partial charge in [-0.15, -0.1) is 0 Å². The molecule has 9 rings (SSSR count). The van der Waals surface area contributed by atoms with E-state index in [0.29, 0.717) is 83.5 Å². The fourth-order valence-corrected chi connectivity index (χ4v) is 11.6. The van der Waals surface area contributed by atoms with Crippen LogP contribution in [0.1, 0.15) is 49.6 Å². The number of nitrogens with zero attached hydrogens (tertiary/aromatic N) is 5. The first kappa shape index (κ1) is 34.8. The largest absolute Gasteiger partial charge is 0.618 e. The molecule has 1 saturated carbocycles. The van der Waals surface area contributed by atoms with Crippen molar-refractivity contribution in [1.29, 1.82) is 0 Å². The average molecular weight is 777 g/mol. The van der Waals surface area contributed by atoms with Crippen LogP contribution in [0.15, 0.2) is 34.3 Å². The number of piperidine rings is 1. The van der Waals surface area contributed by atoms with Gasteiger partial charge >= 0.3 is 6.03 Å². The Bertz CT molecular complexity index is 2190. The van der Waals surface area contributed by atoms with E-state index >= 15 is 0 Å². The molecule has 278 valence electrons. The predicted octanol–water partition coefficient (Wildman–Crippen LogP) is 2.97. The van der Waals surface area contributed by atoms with E-state index in [1.165, 1.54) is 11.8 Å². The highest BCUT2D eigenvalue weighted by Crippen LogP contribution is 2.55. The molecule has 3 saturated heterocycles. The second-order valence-electron chi connectivity index (χ2n) is 14.9. The van der Waals surface area contributed by atoms with Gasteiger partial charge in [-0.25, -0.2) is 14.8 Å². The van der Waals surface area contributed by atoms with Crippen LogP contribution in [0.3, 0.4) is 0 Å². The van der Waals surface area contributed by atoms with Crippen molar-refractivity contribution in [2.75, 3.05) is 30.3 Å². The lowest BCUT2D eigenvalue weighted by molar-refractivity contribution is -0.587. The molecular formula is C36H41ClN10O4S2. The van der Waals surface area contributed by atoms with Crippen molar-refractivity contribution in [3.05, 3.63) is 51.4 Å². The number of fused-ring (bicyclic) bond motifs is 5. The number of rotatable bonds is 10. The number of anilines is 1. The molecule has 5 aliphatic rings. The summed E-state index contributed by atoms with van der Waals surface area (Å²) in [5.74, 6) is 1.19. The topological polar surface area (TPSA) is 202 Å². The van der Waals surface area contributed by atoms with Gasteiger partial charge in [-0.1, -0.05) is 24.9 Å². The SMILES string of the molecule is CCc1[nH]c2nc(Sc3ccc4cc5c([n+]([O-])c4c3)CCN(C(=O)CCCC[C@@H]3SC[C@@H]4NC(=O)N[C@@H]43)C5)nc(N3CC4C(C3)C4(N)C(N)=O)c2c1Cl. The van der Waals surface area contributed by atoms with Crippen LogP contribution in [0.25, 0.3) is 21.9 Å². The van der Waals surface area contributed by atoms with E-state index in [9.17, 15) is 19.6 Å². The number of amides is 4. The minimum atomic E-state index is -0.975. The van der Waals surface area contributed by atoms with E-state index in [1.54, 1.807) is 0 Å². The second kappa shape index (κ2) is 13.1. The van der Waals surface area contributed by atoms with E-state index in [4.69, 9.17) is 33.0 Å². The zero-order valence-corrected chi connectivity index (χ0v) is 31.6. The summed E-state index contributed by atoms with van der Waals surface area (Å²) in [6.45, 7) is 4.03. The van der Waals surface area contributed by atoms with Crippen LogP contribution < -0.4 is 31.7 Å². The molecule has 14 nitrogen and oxygen atoms in total. The molecule has 1 aromatic carbocycles. The summed E-state index contributed by atoms with van der Waals surface area (Å²) in [5, 5.41) is 22.8. The van der Waals surface area contributed by atoms with Crippen LogP contribution in [0.4, 0.5) is 10.6 Å². The first-order valence-electron chi connectivity index (χ1n) is 18.3. The lowest BCUT2D eigenvalue weighted by Gasteiger charge is -2.28. The van der Waals surface area contributed by atoms with Gasteiger partial charge in [0.15, 0.2) is 10.9 Å². The molecule has 1 aliphatic carbocycles. The van der Waals surface area contributed by atoms with Crippen LogP contribution in [-0.2, 0) is 29.0 Å². The van der Waals surface area contributed by atoms with Gasteiger partial charge in [0.05, 0.1) is 35.5 Å². The maximum Gasteiger partial charge on any atom is 0.315 e. The van der Waals surface area contributed by atoms with Crippen molar-refractivity contribution in [3.8, 4) is 0 Å². The number of carbonyl (C=O) groups excluding carboxylic acids is 3. The highest BCUT2D eigenvalue weighted by molar-refractivity contribution is 8.00. The number of aryl methyl sites for hydroxylation is 1. The smallest absolute Gasteiger partial charge is 0.315 e.